The van der Waals surface area contributed by atoms with Crippen LogP contribution in [0.25, 0.3) is 0 Å². The Kier molecular flexibility index (Phi) is 11.1. The van der Waals surface area contributed by atoms with Gasteiger partial charge in [0.25, 0.3) is 10.0 Å². The monoisotopic (exact) mass is 613 g/mol. The third-order valence-electron chi connectivity index (χ3n) is 6.60. The molecule has 0 radical (unpaired) electrons. The van der Waals surface area contributed by atoms with E-state index < -0.39 is 28.5 Å². The van der Waals surface area contributed by atoms with Gasteiger partial charge in [0.2, 0.25) is 11.8 Å². The molecule has 0 saturated heterocycles. The fourth-order valence-electron chi connectivity index (χ4n) is 4.19. The number of carbonyl (C=O) groups excluding carboxylic acids is 2. The Hall–Kier alpha value is -3.17. The molecule has 3 aromatic rings. The standard InChI is InChI=1S/C30H36BrN3O4S/c1-4-23(3)32-30(36)28(5-2)33(21-20-24-12-8-6-9-13-24)29(35)22-34(26-18-16-25(31)17-19-26)39(37,38)27-14-10-7-11-15-27/h6-19,23,28H,4-5,20-22H2,1-3H3,(H,32,36). The van der Waals surface area contributed by atoms with E-state index in [0.29, 0.717) is 18.5 Å². The summed E-state index contributed by atoms with van der Waals surface area (Å²) in [7, 11) is -4.07. The molecule has 0 fully saturated rings. The number of benzene rings is 3. The van der Waals surface area contributed by atoms with Gasteiger partial charge in [-0.2, -0.15) is 0 Å². The van der Waals surface area contributed by atoms with Gasteiger partial charge in [-0.3, -0.25) is 13.9 Å². The van der Waals surface area contributed by atoms with Gasteiger partial charge in [-0.25, -0.2) is 8.42 Å². The summed E-state index contributed by atoms with van der Waals surface area (Å²) < 4.78 is 29.5. The Labute approximate surface area is 240 Å². The smallest absolute Gasteiger partial charge is 0.264 e. The van der Waals surface area contributed by atoms with Crippen LogP contribution in [-0.4, -0.2) is 50.3 Å². The minimum Gasteiger partial charge on any atom is -0.352 e. The van der Waals surface area contributed by atoms with Crippen molar-refractivity contribution >= 4 is 43.5 Å². The lowest BCUT2D eigenvalue weighted by molar-refractivity contribution is -0.139. The molecule has 2 unspecified atom stereocenters. The maximum Gasteiger partial charge on any atom is 0.264 e. The van der Waals surface area contributed by atoms with E-state index in [1.165, 1.54) is 17.0 Å². The molecule has 0 bridgehead atoms. The summed E-state index contributed by atoms with van der Waals surface area (Å²) in [5.74, 6) is -0.686. The summed E-state index contributed by atoms with van der Waals surface area (Å²) in [6.45, 7) is 5.59. The average molecular weight is 615 g/mol. The number of nitrogens with one attached hydrogen (secondary N) is 1. The number of nitrogens with zero attached hydrogens (tertiary/aromatic N) is 2. The Morgan fingerprint density at radius 2 is 1.46 bits per heavy atom. The third-order valence-corrected chi connectivity index (χ3v) is 8.91. The zero-order valence-corrected chi connectivity index (χ0v) is 25.0. The molecule has 0 saturated carbocycles. The van der Waals surface area contributed by atoms with Gasteiger partial charge < -0.3 is 10.2 Å². The molecule has 7 nitrogen and oxygen atoms in total. The van der Waals surface area contributed by atoms with Crippen molar-refractivity contribution in [3.8, 4) is 0 Å². The van der Waals surface area contributed by atoms with Crippen LogP contribution in [0.3, 0.4) is 0 Å². The summed E-state index contributed by atoms with van der Waals surface area (Å²) in [6.07, 6.45) is 1.68. The van der Waals surface area contributed by atoms with E-state index in [2.05, 4.69) is 21.2 Å². The van der Waals surface area contributed by atoms with Gasteiger partial charge in [0.15, 0.2) is 0 Å². The van der Waals surface area contributed by atoms with Crippen LogP contribution in [0.1, 0.15) is 39.2 Å². The molecular weight excluding hydrogens is 578 g/mol. The van der Waals surface area contributed by atoms with E-state index in [0.717, 1.165) is 20.8 Å². The predicted molar refractivity (Wildman–Crippen MR) is 159 cm³/mol. The highest BCUT2D eigenvalue weighted by Gasteiger charge is 2.33. The van der Waals surface area contributed by atoms with E-state index in [-0.39, 0.29) is 23.4 Å². The van der Waals surface area contributed by atoms with Gasteiger partial charge in [0, 0.05) is 17.1 Å². The largest absolute Gasteiger partial charge is 0.352 e. The van der Waals surface area contributed by atoms with Gasteiger partial charge in [-0.05, 0) is 68.1 Å². The molecule has 0 heterocycles. The first-order chi connectivity index (χ1) is 18.7. The van der Waals surface area contributed by atoms with Crippen molar-refractivity contribution in [2.75, 3.05) is 17.4 Å². The van der Waals surface area contributed by atoms with Crippen LogP contribution in [0, 0.1) is 0 Å². The molecule has 2 amide bonds. The third kappa shape index (κ3) is 8.16. The van der Waals surface area contributed by atoms with Crippen LogP contribution in [-0.2, 0) is 26.0 Å². The normalized spacial score (nSPS) is 12.8. The van der Waals surface area contributed by atoms with Crippen molar-refractivity contribution in [1.82, 2.24) is 10.2 Å². The molecule has 2 atom stereocenters. The lowest BCUT2D eigenvalue weighted by Gasteiger charge is -2.33. The Bertz CT molecular complexity index is 1320. The molecule has 39 heavy (non-hydrogen) atoms. The van der Waals surface area contributed by atoms with Crippen LogP contribution in [0.2, 0.25) is 0 Å². The molecule has 0 aliphatic carbocycles. The van der Waals surface area contributed by atoms with E-state index in [4.69, 9.17) is 0 Å². The number of anilines is 1. The van der Waals surface area contributed by atoms with Crippen molar-refractivity contribution in [1.29, 1.82) is 0 Å². The lowest BCUT2D eigenvalue weighted by Crippen LogP contribution is -2.54. The Morgan fingerprint density at radius 1 is 0.872 bits per heavy atom. The zero-order valence-electron chi connectivity index (χ0n) is 22.6. The first kappa shape index (κ1) is 30.4. The van der Waals surface area contributed by atoms with Crippen LogP contribution in [0.15, 0.2) is 94.3 Å². The van der Waals surface area contributed by atoms with Crippen LogP contribution in [0.5, 0.6) is 0 Å². The van der Waals surface area contributed by atoms with Crippen LogP contribution in [0.4, 0.5) is 5.69 Å². The number of hydrogen-bond donors (Lipinski definition) is 1. The fraction of sp³-hybridized carbons (Fsp3) is 0.333. The highest BCUT2D eigenvalue weighted by atomic mass is 79.9. The topological polar surface area (TPSA) is 86.8 Å². The summed E-state index contributed by atoms with van der Waals surface area (Å²) in [4.78, 5) is 28.9. The van der Waals surface area contributed by atoms with E-state index in [1.807, 2.05) is 51.1 Å². The second-order valence-corrected chi connectivity index (χ2v) is 12.1. The number of halogens is 1. The maximum absolute atomic E-state index is 14.0. The van der Waals surface area contributed by atoms with Crippen molar-refractivity contribution in [2.24, 2.45) is 0 Å². The summed E-state index contributed by atoms with van der Waals surface area (Å²) >= 11 is 3.39. The number of hydrogen-bond acceptors (Lipinski definition) is 4. The Morgan fingerprint density at radius 3 is 2.03 bits per heavy atom. The van der Waals surface area contributed by atoms with Gasteiger partial charge >= 0.3 is 0 Å². The second kappa shape index (κ2) is 14.3. The minimum absolute atomic E-state index is 0.0460. The molecular formula is C30H36BrN3O4S. The first-order valence-corrected chi connectivity index (χ1v) is 15.4. The highest BCUT2D eigenvalue weighted by Crippen LogP contribution is 2.26. The summed E-state index contributed by atoms with van der Waals surface area (Å²) in [6, 6.07) is 23.7. The van der Waals surface area contributed by atoms with Gasteiger partial charge in [-0.15, -0.1) is 0 Å². The Balaban J connectivity index is 1.99. The van der Waals surface area contributed by atoms with Crippen molar-refractivity contribution in [2.45, 2.75) is 57.0 Å². The summed E-state index contributed by atoms with van der Waals surface area (Å²) in [5, 5.41) is 2.99. The molecule has 208 valence electrons. The molecule has 0 aliphatic heterocycles. The highest BCUT2D eigenvalue weighted by molar-refractivity contribution is 9.10. The van der Waals surface area contributed by atoms with E-state index in [1.54, 1.807) is 42.5 Å². The van der Waals surface area contributed by atoms with Crippen LogP contribution >= 0.6 is 15.9 Å². The van der Waals surface area contributed by atoms with E-state index in [9.17, 15) is 18.0 Å². The zero-order chi connectivity index (χ0) is 28.4. The number of sulfonamides is 1. The summed E-state index contributed by atoms with van der Waals surface area (Å²) in [5.41, 5.74) is 1.38. The van der Waals surface area contributed by atoms with Gasteiger partial charge in [0.05, 0.1) is 10.6 Å². The van der Waals surface area contributed by atoms with Crippen molar-refractivity contribution < 1.29 is 18.0 Å². The molecule has 9 heteroatoms. The van der Waals surface area contributed by atoms with Crippen molar-refractivity contribution in [3.05, 3.63) is 95.0 Å². The number of rotatable bonds is 13. The van der Waals surface area contributed by atoms with Gasteiger partial charge in [0.1, 0.15) is 12.6 Å². The van der Waals surface area contributed by atoms with E-state index >= 15 is 0 Å². The molecule has 0 aromatic heterocycles. The quantitative estimate of drug-likeness (QED) is 0.279. The lowest BCUT2D eigenvalue weighted by atomic mass is 10.1. The average Bonchev–Trinajstić information content (AvgIpc) is 2.95. The molecule has 3 rings (SSSR count). The molecule has 0 spiro atoms. The first-order valence-electron chi connectivity index (χ1n) is 13.1. The molecule has 1 N–H and O–H groups in total. The number of amides is 2. The second-order valence-electron chi connectivity index (χ2n) is 9.37. The predicted octanol–water partition coefficient (Wildman–Crippen LogP) is 5.41. The molecule has 3 aromatic carbocycles. The minimum atomic E-state index is -4.07. The molecule has 0 aliphatic rings. The maximum atomic E-state index is 14.0. The number of carbonyl (C=O) groups is 2. The van der Waals surface area contributed by atoms with Gasteiger partial charge in [-0.1, -0.05) is 78.3 Å². The van der Waals surface area contributed by atoms with Crippen LogP contribution < -0.4 is 9.62 Å². The van der Waals surface area contributed by atoms with Crippen molar-refractivity contribution in [3.63, 3.8) is 0 Å². The SMILES string of the molecule is CCC(C)NC(=O)C(CC)N(CCc1ccccc1)C(=O)CN(c1ccc(Br)cc1)S(=O)(=O)c1ccccc1. The fourth-order valence-corrected chi connectivity index (χ4v) is 5.89.